The molecule has 2 N–H and O–H groups in total. The van der Waals surface area contributed by atoms with Crippen molar-refractivity contribution in [2.75, 3.05) is 13.1 Å². The van der Waals surface area contributed by atoms with Gasteiger partial charge in [0, 0.05) is 31.0 Å². The van der Waals surface area contributed by atoms with Crippen LogP contribution in [-0.4, -0.2) is 64.8 Å². The number of amides is 2. The Morgan fingerprint density at radius 3 is 2.31 bits per heavy atom. The van der Waals surface area contributed by atoms with E-state index in [1.54, 1.807) is 0 Å². The molecule has 204 valence electrons. The molecule has 0 aliphatic carbocycles. The quantitative estimate of drug-likeness (QED) is 0.408. The van der Waals surface area contributed by atoms with Crippen LogP contribution < -0.4 is 5.32 Å². The average Bonchev–Trinajstić information content (AvgIpc) is 3.36. The number of carboxylic acid groups (broad SMARTS) is 1. The molecule has 1 saturated heterocycles. The monoisotopic (exact) mass is 594 g/mol. The number of nitrogens with one attached hydrogen (secondary N) is 1. The van der Waals surface area contributed by atoms with Crippen molar-refractivity contribution in [3.8, 4) is 0 Å². The summed E-state index contributed by atoms with van der Waals surface area (Å²) in [6.07, 6.45) is 0.490. The molecule has 1 aromatic heterocycles. The number of aromatic nitrogens is 1. The van der Waals surface area contributed by atoms with Gasteiger partial charge in [-0.1, -0.05) is 35.3 Å². The molecule has 1 aliphatic heterocycles. The summed E-state index contributed by atoms with van der Waals surface area (Å²) in [7, 11) is -4.39. The van der Waals surface area contributed by atoms with Crippen molar-refractivity contribution in [1.82, 2.24) is 19.5 Å². The van der Waals surface area contributed by atoms with Gasteiger partial charge in [0.1, 0.15) is 5.82 Å². The maximum atomic E-state index is 13.7. The molecule has 10 nitrogen and oxygen atoms in total. The Bertz CT molecular complexity index is 1510. The Kier molecular flexibility index (Phi) is 8.50. The van der Waals surface area contributed by atoms with Crippen LogP contribution in [-0.2, 0) is 19.6 Å². The van der Waals surface area contributed by atoms with Crippen LogP contribution in [0.1, 0.15) is 28.4 Å². The van der Waals surface area contributed by atoms with Crippen LogP contribution in [0.4, 0.5) is 4.39 Å². The van der Waals surface area contributed by atoms with Gasteiger partial charge >= 0.3 is 5.97 Å². The highest BCUT2D eigenvalue weighted by Crippen LogP contribution is 2.31. The van der Waals surface area contributed by atoms with Crippen LogP contribution in [0.5, 0.6) is 0 Å². The lowest BCUT2D eigenvalue weighted by molar-refractivity contribution is -0.138. The van der Waals surface area contributed by atoms with Crippen LogP contribution in [0, 0.1) is 5.82 Å². The number of pyridine rings is 1. The third kappa shape index (κ3) is 6.19. The van der Waals surface area contributed by atoms with Crippen molar-refractivity contribution in [1.29, 1.82) is 0 Å². The van der Waals surface area contributed by atoms with E-state index in [2.05, 4.69) is 10.3 Å². The first-order chi connectivity index (χ1) is 18.5. The Labute approximate surface area is 233 Å². The van der Waals surface area contributed by atoms with E-state index in [1.165, 1.54) is 48.8 Å². The zero-order valence-corrected chi connectivity index (χ0v) is 22.3. The zero-order valence-electron chi connectivity index (χ0n) is 20.0. The van der Waals surface area contributed by atoms with Gasteiger partial charge in [-0.2, -0.15) is 4.31 Å². The van der Waals surface area contributed by atoms with E-state index in [9.17, 15) is 32.3 Å². The summed E-state index contributed by atoms with van der Waals surface area (Å²) in [5, 5.41) is 12.0. The first kappa shape index (κ1) is 28.4. The van der Waals surface area contributed by atoms with Crippen molar-refractivity contribution in [3.05, 3.63) is 94.0 Å². The van der Waals surface area contributed by atoms with Gasteiger partial charge in [-0.15, -0.1) is 0 Å². The van der Waals surface area contributed by atoms with Gasteiger partial charge in [0.15, 0.2) is 6.17 Å². The van der Waals surface area contributed by atoms with Gasteiger partial charge < -0.3 is 15.3 Å². The van der Waals surface area contributed by atoms with E-state index in [-0.39, 0.29) is 39.2 Å². The molecule has 0 spiro atoms. The minimum atomic E-state index is -4.39. The molecular weight excluding hydrogens is 574 g/mol. The summed E-state index contributed by atoms with van der Waals surface area (Å²) in [6, 6.07) is 10.1. The van der Waals surface area contributed by atoms with E-state index < -0.39 is 52.3 Å². The van der Waals surface area contributed by atoms with Gasteiger partial charge in [0.2, 0.25) is 10.0 Å². The fourth-order valence-corrected chi connectivity index (χ4v) is 6.08. The molecule has 0 bridgehead atoms. The SMILES string of the molecule is O=C(O)CC(NC(=O)C1N(C(=O)c2ccncc2)CCN1S(=O)(=O)c1ccc(Cl)c(Cl)c1)c1ccc(F)cc1. The number of hydrogen-bond acceptors (Lipinski definition) is 6. The largest absolute Gasteiger partial charge is 0.481 e. The molecule has 1 fully saturated rings. The summed E-state index contributed by atoms with van der Waals surface area (Å²) >= 11 is 12.0. The lowest BCUT2D eigenvalue weighted by Gasteiger charge is -2.30. The van der Waals surface area contributed by atoms with Crippen LogP contribution in [0.25, 0.3) is 0 Å². The van der Waals surface area contributed by atoms with E-state index in [0.29, 0.717) is 0 Å². The fourth-order valence-electron chi connectivity index (χ4n) is 4.14. The topological polar surface area (TPSA) is 137 Å². The first-order valence-electron chi connectivity index (χ1n) is 11.4. The Morgan fingerprint density at radius 1 is 1.03 bits per heavy atom. The smallest absolute Gasteiger partial charge is 0.305 e. The van der Waals surface area contributed by atoms with Crippen LogP contribution >= 0.6 is 23.2 Å². The molecule has 2 aromatic carbocycles. The second-order valence-electron chi connectivity index (χ2n) is 8.51. The molecule has 2 amide bonds. The lowest BCUT2D eigenvalue weighted by Crippen LogP contribution is -2.54. The number of rotatable bonds is 8. The molecule has 4 rings (SSSR count). The normalized spacial score (nSPS) is 16.6. The standard InChI is InChI=1S/C25H21Cl2FN4O6S/c26-19-6-5-18(13-20(19)27)39(37,38)32-12-11-31(25(36)16-7-9-29-10-8-16)24(32)23(35)30-21(14-22(33)34)15-1-3-17(28)4-2-15/h1-10,13,21,24H,11-12,14H2,(H,30,35)(H,33,34). The molecule has 39 heavy (non-hydrogen) atoms. The molecule has 2 unspecified atom stereocenters. The number of sulfonamides is 1. The molecule has 3 aromatic rings. The number of hydrogen-bond donors (Lipinski definition) is 2. The number of carbonyl (C=O) groups excluding carboxylic acids is 2. The molecule has 1 aliphatic rings. The Morgan fingerprint density at radius 2 is 1.69 bits per heavy atom. The maximum Gasteiger partial charge on any atom is 0.305 e. The molecule has 14 heteroatoms. The summed E-state index contributed by atoms with van der Waals surface area (Å²) < 4.78 is 41.6. The summed E-state index contributed by atoms with van der Waals surface area (Å²) in [5.74, 6) is -3.42. The van der Waals surface area contributed by atoms with Gasteiger partial charge in [0.25, 0.3) is 11.8 Å². The number of halogens is 3. The Balaban J connectivity index is 1.73. The van der Waals surface area contributed by atoms with E-state index >= 15 is 0 Å². The highest BCUT2D eigenvalue weighted by molar-refractivity contribution is 7.89. The summed E-state index contributed by atoms with van der Waals surface area (Å²) in [5.41, 5.74) is 0.438. The summed E-state index contributed by atoms with van der Waals surface area (Å²) in [4.78, 5) is 43.3. The number of carbonyl (C=O) groups is 3. The number of aliphatic carboxylic acids is 1. The van der Waals surface area contributed by atoms with Crippen LogP contribution in [0.2, 0.25) is 10.0 Å². The van der Waals surface area contributed by atoms with Crippen molar-refractivity contribution in [2.45, 2.75) is 23.5 Å². The minimum absolute atomic E-state index is 0.0273. The zero-order chi connectivity index (χ0) is 28.3. The number of nitrogens with zero attached hydrogens (tertiary/aromatic N) is 3. The maximum absolute atomic E-state index is 13.7. The van der Waals surface area contributed by atoms with E-state index in [1.807, 2.05) is 0 Å². The third-order valence-corrected chi connectivity index (χ3v) is 8.61. The van der Waals surface area contributed by atoms with Gasteiger partial charge in [-0.05, 0) is 48.0 Å². The van der Waals surface area contributed by atoms with Gasteiger partial charge in [-0.3, -0.25) is 19.4 Å². The number of benzene rings is 2. The molecule has 2 atom stereocenters. The van der Waals surface area contributed by atoms with Crippen molar-refractivity contribution in [3.63, 3.8) is 0 Å². The average molecular weight is 595 g/mol. The molecule has 0 radical (unpaired) electrons. The third-order valence-electron chi connectivity index (χ3n) is 6.02. The van der Waals surface area contributed by atoms with Gasteiger partial charge in [-0.25, -0.2) is 12.8 Å². The van der Waals surface area contributed by atoms with Crippen molar-refractivity contribution in [2.24, 2.45) is 0 Å². The number of carboxylic acids is 1. The van der Waals surface area contributed by atoms with Crippen LogP contribution in [0.15, 0.2) is 71.9 Å². The highest BCUT2D eigenvalue weighted by Gasteiger charge is 2.47. The summed E-state index contributed by atoms with van der Waals surface area (Å²) in [6.45, 7) is -0.377. The first-order valence-corrected chi connectivity index (χ1v) is 13.6. The second kappa shape index (κ2) is 11.7. The van der Waals surface area contributed by atoms with E-state index in [4.69, 9.17) is 23.2 Å². The van der Waals surface area contributed by atoms with Crippen molar-refractivity contribution < 1.29 is 32.3 Å². The van der Waals surface area contributed by atoms with E-state index in [0.717, 1.165) is 27.4 Å². The predicted octanol–water partition coefficient (Wildman–Crippen LogP) is 3.33. The van der Waals surface area contributed by atoms with Crippen molar-refractivity contribution >= 4 is 51.0 Å². The van der Waals surface area contributed by atoms with Gasteiger partial charge in [0.05, 0.1) is 27.4 Å². The molecule has 0 saturated carbocycles. The highest BCUT2D eigenvalue weighted by atomic mass is 35.5. The molecule has 2 heterocycles. The van der Waals surface area contributed by atoms with Crippen LogP contribution in [0.3, 0.4) is 0 Å². The minimum Gasteiger partial charge on any atom is -0.481 e. The molecular formula is C25H21Cl2FN4O6S. The second-order valence-corrected chi connectivity index (χ2v) is 11.2. The predicted molar refractivity (Wildman–Crippen MR) is 139 cm³/mol. The fraction of sp³-hybridized carbons (Fsp3) is 0.200. The Hall–Kier alpha value is -3.58. The lowest BCUT2D eigenvalue weighted by atomic mass is 10.0.